The molecule has 1 N–H and O–H groups in total. The minimum atomic E-state index is -1.31. The first-order chi connectivity index (χ1) is 8.41. The number of carbonyl (C=O) groups is 1. The number of amides is 1. The minimum Gasteiger partial charge on any atom is -0.345 e. The van der Waals surface area contributed by atoms with E-state index in [0.29, 0.717) is 12.1 Å². The van der Waals surface area contributed by atoms with Crippen molar-refractivity contribution in [2.75, 3.05) is 6.54 Å². The second kappa shape index (κ2) is 5.72. The maximum atomic E-state index is 12.9. The van der Waals surface area contributed by atoms with Gasteiger partial charge in [0.2, 0.25) is 5.91 Å². The van der Waals surface area contributed by atoms with Crippen molar-refractivity contribution in [1.29, 1.82) is 0 Å². The van der Waals surface area contributed by atoms with Crippen LogP contribution < -0.4 is 5.32 Å². The van der Waals surface area contributed by atoms with E-state index in [4.69, 9.17) is 0 Å². The molecule has 0 heterocycles. The first-order valence-electron chi connectivity index (χ1n) is 4.78. The van der Waals surface area contributed by atoms with Crippen molar-refractivity contribution < 1.29 is 18.5 Å². The summed E-state index contributed by atoms with van der Waals surface area (Å²) < 4.78 is 25.8. The van der Waals surface area contributed by atoms with Gasteiger partial charge in [0, 0.05) is 6.92 Å². The van der Waals surface area contributed by atoms with Gasteiger partial charge in [-0.25, -0.2) is 8.78 Å². The average molecular weight is 254 g/mol. The van der Waals surface area contributed by atoms with Crippen molar-refractivity contribution in [3.05, 3.63) is 39.4 Å². The van der Waals surface area contributed by atoms with Gasteiger partial charge < -0.3 is 5.32 Å². The Balaban J connectivity index is 3.03. The smallest absolute Gasteiger partial charge is 0.288 e. The van der Waals surface area contributed by atoms with Gasteiger partial charge >= 0.3 is 0 Å². The predicted molar refractivity (Wildman–Crippen MR) is 58.6 cm³/mol. The van der Waals surface area contributed by atoms with E-state index >= 15 is 0 Å². The summed E-state index contributed by atoms with van der Waals surface area (Å²) in [5, 5.41) is 12.9. The van der Waals surface area contributed by atoms with Crippen LogP contribution in [-0.4, -0.2) is 17.4 Å². The molecule has 0 saturated carbocycles. The SMILES string of the molecule is CC(=O)NCC#Cc1cc(F)c(F)cc1[N+](=O)[O-]. The minimum absolute atomic E-state index is 0.0362. The lowest BCUT2D eigenvalue weighted by Crippen LogP contribution is -2.19. The topological polar surface area (TPSA) is 72.2 Å². The first-order valence-corrected chi connectivity index (χ1v) is 4.78. The van der Waals surface area contributed by atoms with Gasteiger partial charge in [0.15, 0.2) is 11.6 Å². The van der Waals surface area contributed by atoms with Gasteiger partial charge in [-0.2, -0.15) is 0 Å². The number of hydrogen-bond donors (Lipinski definition) is 1. The van der Waals surface area contributed by atoms with E-state index in [9.17, 15) is 23.7 Å². The first kappa shape index (κ1) is 13.6. The van der Waals surface area contributed by atoms with E-state index in [2.05, 4.69) is 17.2 Å². The number of rotatable bonds is 2. The van der Waals surface area contributed by atoms with Crippen molar-refractivity contribution in [2.45, 2.75) is 6.92 Å². The van der Waals surface area contributed by atoms with Gasteiger partial charge in [0.1, 0.15) is 5.56 Å². The monoisotopic (exact) mass is 254 g/mol. The van der Waals surface area contributed by atoms with Crippen LogP contribution in [0.5, 0.6) is 0 Å². The van der Waals surface area contributed by atoms with E-state index in [1.54, 1.807) is 0 Å². The van der Waals surface area contributed by atoms with Crippen molar-refractivity contribution in [3.63, 3.8) is 0 Å². The molecule has 18 heavy (non-hydrogen) atoms. The van der Waals surface area contributed by atoms with Gasteiger partial charge in [0.05, 0.1) is 17.5 Å². The van der Waals surface area contributed by atoms with Crippen LogP contribution in [0.3, 0.4) is 0 Å². The largest absolute Gasteiger partial charge is 0.345 e. The van der Waals surface area contributed by atoms with Gasteiger partial charge in [0.25, 0.3) is 5.69 Å². The molecular formula is C11H8F2N2O3. The molecule has 0 spiro atoms. The summed E-state index contributed by atoms with van der Waals surface area (Å²) in [6.45, 7) is 1.24. The van der Waals surface area contributed by atoms with E-state index in [1.165, 1.54) is 6.92 Å². The number of nitrogens with zero attached hydrogens (tertiary/aromatic N) is 1. The van der Waals surface area contributed by atoms with Crippen LogP contribution in [0.25, 0.3) is 0 Å². The zero-order valence-corrected chi connectivity index (χ0v) is 9.29. The molecule has 7 heteroatoms. The highest BCUT2D eigenvalue weighted by atomic mass is 19.2. The highest BCUT2D eigenvalue weighted by Crippen LogP contribution is 2.21. The van der Waals surface area contributed by atoms with Crippen LogP contribution in [0, 0.1) is 33.6 Å². The molecule has 94 valence electrons. The Morgan fingerprint density at radius 3 is 2.61 bits per heavy atom. The second-order valence-corrected chi connectivity index (χ2v) is 3.25. The molecule has 0 aromatic heterocycles. The predicted octanol–water partition coefficient (Wildman–Crippen LogP) is 1.36. The Labute approximate surface area is 101 Å². The average Bonchev–Trinajstić information content (AvgIpc) is 2.28. The molecule has 0 unspecified atom stereocenters. The molecule has 0 bridgehead atoms. The van der Waals surface area contributed by atoms with Gasteiger partial charge in [-0.15, -0.1) is 0 Å². The number of hydrogen-bond acceptors (Lipinski definition) is 3. The third-order valence-electron chi connectivity index (χ3n) is 1.88. The van der Waals surface area contributed by atoms with Gasteiger partial charge in [-0.3, -0.25) is 14.9 Å². The van der Waals surface area contributed by atoms with E-state index < -0.39 is 22.2 Å². The fourth-order valence-electron chi connectivity index (χ4n) is 1.10. The molecule has 0 aliphatic carbocycles. The lowest BCUT2D eigenvalue weighted by Gasteiger charge is -1.97. The molecule has 0 aliphatic heterocycles. The number of nitro groups is 1. The Bertz CT molecular complexity index is 561. The van der Waals surface area contributed by atoms with Gasteiger partial charge in [-0.05, 0) is 6.07 Å². The van der Waals surface area contributed by atoms with Crippen molar-refractivity contribution in [3.8, 4) is 11.8 Å². The number of halogens is 2. The third-order valence-corrected chi connectivity index (χ3v) is 1.88. The van der Waals surface area contributed by atoms with Crippen LogP contribution in [0.4, 0.5) is 14.5 Å². The molecule has 1 aromatic rings. The molecule has 0 atom stereocenters. The van der Waals surface area contributed by atoms with Crippen molar-refractivity contribution in [1.82, 2.24) is 5.32 Å². The summed E-state index contributed by atoms with van der Waals surface area (Å²) >= 11 is 0. The quantitative estimate of drug-likeness (QED) is 0.492. The van der Waals surface area contributed by atoms with Crippen LogP contribution in [0.2, 0.25) is 0 Å². The lowest BCUT2D eigenvalue weighted by atomic mass is 10.1. The molecule has 1 aromatic carbocycles. The Hall–Kier alpha value is -2.49. The van der Waals surface area contributed by atoms with E-state index in [1.807, 2.05) is 0 Å². The maximum absolute atomic E-state index is 12.9. The van der Waals surface area contributed by atoms with Crippen molar-refractivity contribution >= 4 is 11.6 Å². The number of carbonyl (C=O) groups excluding carboxylic acids is 1. The summed E-state index contributed by atoms with van der Waals surface area (Å²) in [5.41, 5.74) is -0.867. The Morgan fingerprint density at radius 1 is 1.44 bits per heavy atom. The van der Waals surface area contributed by atoms with E-state index in [0.717, 1.165) is 0 Å². The summed E-state index contributed by atoms with van der Waals surface area (Å²) in [4.78, 5) is 20.3. The normalized spacial score (nSPS) is 9.28. The molecule has 0 fully saturated rings. The summed E-state index contributed by atoms with van der Waals surface area (Å²) in [6.07, 6.45) is 0. The van der Waals surface area contributed by atoms with Crippen LogP contribution in [0.1, 0.15) is 12.5 Å². The molecule has 5 nitrogen and oxygen atoms in total. The number of nitro benzene ring substituents is 1. The standard InChI is InChI=1S/C11H8F2N2O3/c1-7(16)14-4-2-3-8-5-9(12)10(13)6-11(8)15(17)18/h5-6H,4H2,1H3,(H,14,16). The molecule has 0 saturated heterocycles. The van der Waals surface area contributed by atoms with Crippen LogP contribution >= 0.6 is 0 Å². The maximum Gasteiger partial charge on any atom is 0.288 e. The molecule has 1 amide bonds. The number of nitrogens with one attached hydrogen (secondary N) is 1. The van der Waals surface area contributed by atoms with E-state index in [-0.39, 0.29) is 18.0 Å². The summed E-state index contributed by atoms with van der Waals surface area (Å²) in [7, 11) is 0. The van der Waals surface area contributed by atoms with Crippen LogP contribution in [-0.2, 0) is 4.79 Å². The highest BCUT2D eigenvalue weighted by molar-refractivity contribution is 5.73. The second-order valence-electron chi connectivity index (χ2n) is 3.25. The molecule has 1 rings (SSSR count). The fourth-order valence-corrected chi connectivity index (χ4v) is 1.10. The summed E-state index contributed by atoms with van der Waals surface area (Å²) in [5.74, 6) is 1.86. The Kier molecular flexibility index (Phi) is 4.32. The lowest BCUT2D eigenvalue weighted by molar-refractivity contribution is -0.385. The van der Waals surface area contributed by atoms with Gasteiger partial charge in [-0.1, -0.05) is 11.8 Å². The Morgan fingerprint density at radius 2 is 2.06 bits per heavy atom. The highest BCUT2D eigenvalue weighted by Gasteiger charge is 2.17. The number of benzene rings is 1. The molecule has 0 aliphatic rings. The third kappa shape index (κ3) is 3.52. The van der Waals surface area contributed by atoms with Crippen LogP contribution in [0.15, 0.2) is 12.1 Å². The zero-order valence-electron chi connectivity index (χ0n) is 9.29. The van der Waals surface area contributed by atoms with Crippen molar-refractivity contribution in [2.24, 2.45) is 0 Å². The fraction of sp³-hybridized carbons (Fsp3) is 0.182. The summed E-state index contributed by atoms with van der Waals surface area (Å²) in [6, 6.07) is 1.12. The molecular weight excluding hydrogens is 246 g/mol. The zero-order chi connectivity index (χ0) is 13.7. The molecule has 0 radical (unpaired) electrons.